The van der Waals surface area contributed by atoms with Gasteiger partial charge in [-0.05, 0) is 25.0 Å². The van der Waals surface area contributed by atoms with Crippen LogP contribution in [0.4, 0.5) is 10.1 Å². The number of rotatable bonds is 5. The summed E-state index contributed by atoms with van der Waals surface area (Å²) in [7, 11) is 0. The number of carbonyl (C=O) groups excluding carboxylic acids is 1. The molecule has 8 heteroatoms. The molecule has 126 valence electrons. The van der Waals surface area contributed by atoms with E-state index >= 15 is 0 Å². The fraction of sp³-hybridized carbons (Fsp3) is 0.375. The Balaban J connectivity index is 2.17. The Kier molecular flexibility index (Phi) is 5.84. The van der Waals surface area contributed by atoms with E-state index in [1.807, 2.05) is 0 Å². The maximum absolute atomic E-state index is 12.8. The molecule has 1 aromatic rings. The number of carbonyl (C=O) groups is 1. The van der Waals surface area contributed by atoms with Crippen LogP contribution in [0.3, 0.4) is 0 Å². The van der Waals surface area contributed by atoms with Crippen LogP contribution in [0.15, 0.2) is 35.1 Å². The van der Waals surface area contributed by atoms with Gasteiger partial charge in [-0.25, -0.2) is 9.98 Å². The molecule has 5 N–H and O–H groups in total. The third-order valence-electron chi connectivity index (χ3n) is 3.88. The van der Waals surface area contributed by atoms with E-state index in [4.69, 9.17) is 11.5 Å². The number of nitrogens with one attached hydrogen (secondary N) is 1. The van der Waals surface area contributed by atoms with E-state index in [1.165, 1.54) is 18.5 Å². The van der Waals surface area contributed by atoms with Crippen LogP contribution >= 0.6 is 0 Å². The van der Waals surface area contributed by atoms with Gasteiger partial charge in [0.05, 0.1) is 29.4 Å². The lowest BCUT2D eigenvalue weighted by atomic mass is 9.85. The molecule has 0 aromatic carbocycles. The fourth-order valence-corrected chi connectivity index (χ4v) is 2.58. The third kappa shape index (κ3) is 4.52. The van der Waals surface area contributed by atoms with E-state index < -0.39 is 11.9 Å². The molecule has 1 aliphatic rings. The van der Waals surface area contributed by atoms with Crippen molar-refractivity contribution in [2.45, 2.75) is 31.7 Å². The second-order valence-electron chi connectivity index (χ2n) is 5.55. The summed E-state index contributed by atoms with van der Waals surface area (Å²) in [4.78, 5) is 19.1. The quantitative estimate of drug-likeness (QED) is 0.324. The molecule has 1 amide bonds. The summed E-state index contributed by atoms with van der Waals surface area (Å²) in [6, 6.07) is 4.73. The molecule has 2 unspecified atom stereocenters. The highest BCUT2D eigenvalue weighted by atomic mass is 19.1. The summed E-state index contributed by atoms with van der Waals surface area (Å²) in [5.74, 6) is -1.61. The van der Waals surface area contributed by atoms with Crippen molar-refractivity contribution >= 4 is 17.4 Å². The normalized spacial score (nSPS) is 21.8. The van der Waals surface area contributed by atoms with Gasteiger partial charge in [-0.3, -0.25) is 4.79 Å². The number of aliphatic imine (C=N–C) groups is 1. The van der Waals surface area contributed by atoms with Gasteiger partial charge >= 0.3 is 0 Å². The zero-order valence-corrected chi connectivity index (χ0v) is 13.1. The van der Waals surface area contributed by atoms with Crippen molar-refractivity contribution in [1.82, 2.24) is 10.3 Å². The molecular weight excluding hydrogens is 311 g/mol. The van der Waals surface area contributed by atoms with Crippen molar-refractivity contribution in [2.24, 2.45) is 22.4 Å². The lowest BCUT2D eigenvalue weighted by Gasteiger charge is -2.27. The minimum Gasteiger partial charge on any atom is -0.386 e. The molecule has 1 saturated carbocycles. The number of primary amides is 1. The van der Waals surface area contributed by atoms with Gasteiger partial charge in [0.2, 0.25) is 5.95 Å². The smallest absolute Gasteiger partial charge is 0.253 e. The van der Waals surface area contributed by atoms with Crippen molar-refractivity contribution in [3.63, 3.8) is 0 Å². The van der Waals surface area contributed by atoms with Crippen molar-refractivity contribution in [2.75, 3.05) is 0 Å². The van der Waals surface area contributed by atoms with Gasteiger partial charge in [0, 0.05) is 12.2 Å². The van der Waals surface area contributed by atoms with E-state index in [-0.39, 0.29) is 23.4 Å². The van der Waals surface area contributed by atoms with Gasteiger partial charge in [-0.15, -0.1) is 0 Å². The molecule has 1 aromatic heterocycles. The van der Waals surface area contributed by atoms with E-state index in [0.29, 0.717) is 5.69 Å². The van der Waals surface area contributed by atoms with Crippen LogP contribution in [-0.4, -0.2) is 22.8 Å². The summed E-state index contributed by atoms with van der Waals surface area (Å²) in [6.45, 7) is 0. The van der Waals surface area contributed by atoms with Crippen LogP contribution in [0.25, 0.3) is 0 Å². The Labute approximate surface area is 139 Å². The molecule has 2 rings (SSSR count). The highest BCUT2D eigenvalue weighted by Crippen LogP contribution is 2.23. The van der Waals surface area contributed by atoms with Crippen LogP contribution in [0, 0.1) is 23.2 Å². The fourth-order valence-electron chi connectivity index (χ4n) is 2.58. The Hall–Kier alpha value is -2.95. The van der Waals surface area contributed by atoms with Gasteiger partial charge < -0.3 is 16.8 Å². The summed E-state index contributed by atoms with van der Waals surface area (Å²) < 4.78 is 12.8. The lowest BCUT2D eigenvalue weighted by molar-refractivity contribution is -0.114. The summed E-state index contributed by atoms with van der Waals surface area (Å²) in [5, 5.41) is 12.2. The number of nitrogens with zero attached hydrogens (tertiary/aromatic N) is 3. The number of nitrogens with two attached hydrogens (primary N) is 2. The van der Waals surface area contributed by atoms with Crippen molar-refractivity contribution in [3.8, 4) is 6.07 Å². The summed E-state index contributed by atoms with van der Waals surface area (Å²) >= 11 is 0. The second kappa shape index (κ2) is 8.06. The minimum absolute atomic E-state index is 0.00147. The van der Waals surface area contributed by atoms with Crippen LogP contribution < -0.4 is 16.8 Å². The molecule has 0 saturated heterocycles. The molecule has 0 bridgehead atoms. The predicted octanol–water partition coefficient (Wildman–Crippen LogP) is 1.25. The highest BCUT2D eigenvalue weighted by molar-refractivity contribution is 6.20. The zero-order chi connectivity index (χ0) is 17.5. The molecule has 24 heavy (non-hydrogen) atoms. The van der Waals surface area contributed by atoms with Crippen molar-refractivity contribution in [3.05, 3.63) is 36.1 Å². The molecule has 1 aliphatic carbocycles. The molecule has 0 radical (unpaired) electrons. The van der Waals surface area contributed by atoms with E-state index in [0.717, 1.165) is 31.7 Å². The molecule has 7 nitrogen and oxygen atoms in total. The lowest BCUT2D eigenvalue weighted by Crippen LogP contribution is -2.37. The minimum atomic E-state index is -0.747. The first-order valence-electron chi connectivity index (χ1n) is 7.63. The Bertz CT molecular complexity index is 692. The highest BCUT2D eigenvalue weighted by Gasteiger charge is 2.24. The van der Waals surface area contributed by atoms with Crippen LogP contribution in [0.5, 0.6) is 0 Å². The zero-order valence-electron chi connectivity index (χ0n) is 13.1. The first kappa shape index (κ1) is 17.4. The third-order valence-corrected chi connectivity index (χ3v) is 3.88. The van der Waals surface area contributed by atoms with Gasteiger partial charge in [0.25, 0.3) is 5.91 Å². The van der Waals surface area contributed by atoms with Gasteiger partial charge in [0.1, 0.15) is 5.84 Å². The van der Waals surface area contributed by atoms with Gasteiger partial charge in [-0.2, -0.15) is 9.65 Å². The van der Waals surface area contributed by atoms with E-state index in [9.17, 15) is 14.4 Å². The van der Waals surface area contributed by atoms with E-state index in [1.54, 1.807) is 0 Å². The first-order valence-corrected chi connectivity index (χ1v) is 7.63. The van der Waals surface area contributed by atoms with Crippen molar-refractivity contribution in [1.29, 1.82) is 5.26 Å². The maximum Gasteiger partial charge on any atom is 0.253 e. The standard InChI is InChI=1S/C16H19FN6O/c17-14-6-5-11(8-22-14)23-15(19)12(16(20)24)9-21-13-4-2-1-3-10(13)7-18/h5-6,8-10,13,21H,1-4H2,(H2,19,23)(H2,20,24)/b12-9+. The summed E-state index contributed by atoms with van der Waals surface area (Å²) in [5.41, 5.74) is 11.5. The summed E-state index contributed by atoms with van der Waals surface area (Å²) in [6.07, 6.45) is 6.28. The van der Waals surface area contributed by atoms with Gasteiger partial charge in [0.15, 0.2) is 0 Å². The second-order valence-corrected chi connectivity index (χ2v) is 5.55. The molecule has 1 fully saturated rings. The number of nitriles is 1. The number of amidine groups is 1. The van der Waals surface area contributed by atoms with Crippen LogP contribution in [-0.2, 0) is 4.79 Å². The Morgan fingerprint density at radius 3 is 2.79 bits per heavy atom. The molecular formula is C16H19FN6O. The average Bonchev–Trinajstić information content (AvgIpc) is 2.57. The number of hydrogen-bond donors (Lipinski definition) is 3. The largest absolute Gasteiger partial charge is 0.386 e. The first-order chi connectivity index (χ1) is 11.5. The number of halogens is 1. The molecule has 2 atom stereocenters. The van der Waals surface area contributed by atoms with Crippen LogP contribution in [0.2, 0.25) is 0 Å². The maximum atomic E-state index is 12.8. The van der Waals surface area contributed by atoms with Crippen molar-refractivity contribution < 1.29 is 9.18 Å². The molecule has 0 aliphatic heterocycles. The average molecular weight is 330 g/mol. The van der Waals surface area contributed by atoms with E-state index in [2.05, 4.69) is 21.4 Å². The predicted molar refractivity (Wildman–Crippen MR) is 87.2 cm³/mol. The van der Waals surface area contributed by atoms with Crippen LogP contribution in [0.1, 0.15) is 25.7 Å². The SMILES string of the molecule is N#CC1CCCCC1N/C=C(/C(N)=O)C(N)=Nc1ccc(F)nc1. The molecule has 0 spiro atoms. The number of amides is 1. The van der Waals surface area contributed by atoms with Gasteiger partial charge in [-0.1, -0.05) is 12.8 Å². The number of hydrogen-bond acceptors (Lipinski definition) is 5. The number of aromatic nitrogens is 1. The Morgan fingerprint density at radius 1 is 1.42 bits per heavy atom. The molecule has 1 heterocycles. The Morgan fingerprint density at radius 2 is 2.17 bits per heavy atom. The topological polar surface area (TPSA) is 130 Å². The monoisotopic (exact) mass is 330 g/mol. The number of pyridine rings is 1.